The number of hydrogen-bond acceptors (Lipinski definition) is 5. The standard InChI is InChI=1S/C10H10N2O2S/c1-10(3-4-10)9-11-8(14-12-9)7-6(13)2-5-15-7/h2,5,13H,3-4H2,1H3. The SMILES string of the molecule is CC1(c2noc(-c3sccc3O)n2)CC1. The molecule has 0 amide bonds. The fraction of sp³-hybridized carbons (Fsp3) is 0.400. The third-order valence-corrected chi connectivity index (χ3v) is 3.70. The number of rotatable bonds is 2. The van der Waals surface area contributed by atoms with Gasteiger partial charge < -0.3 is 9.63 Å². The maximum absolute atomic E-state index is 9.51. The molecule has 2 aromatic heterocycles. The lowest BCUT2D eigenvalue weighted by Crippen LogP contribution is -2.01. The molecule has 1 aliphatic rings. The predicted octanol–water partition coefficient (Wildman–Crippen LogP) is 2.56. The van der Waals surface area contributed by atoms with Crippen molar-refractivity contribution < 1.29 is 9.63 Å². The van der Waals surface area contributed by atoms with Gasteiger partial charge in [0.05, 0.1) is 0 Å². The zero-order valence-corrected chi connectivity index (χ0v) is 9.04. The van der Waals surface area contributed by atoms with Gasteiger partial charge in [0.25, 0.3) is 5.89 Å². The number of nitrogens with zero attached hydrogens (tertiary/aromatic N) is 2. The monoisotopic (exact) mass is 222 g/mol. The molecular weight excluding hydrogens is 212 g/mol. The lowest BCUT2D eigenvalue weighted by atomic mass is 10.1. The van der Waals surface area contributed by atoms with Crippen LogP contribution in [0, 0.1) is 0 Å². The maximum atomic E-state index is 9.51. The van der Waals surface area contributed by atoms with E-state index in [9.17, 15) is 5.11 Å². The summed E-state index contributed by atoms with van der Waals surface area (Å²) >= 11 is 1.40. The quantitative estimate of drug-likeness (QED) is 0.848. The second-order valence-corrected chi connectivity index (χ2v) is 5.03. The van der Waals surface area contributed by atoms with E-state index in [0.29, 0.717) is 10.8 Å². The second kappa shape index (κ2) is 2.82. The highest BCUT2D eigenvalue weighted by Crippen LogP contribution is 2.46. The van der Waals surface area contributed by atoms with Crippen LogP contribution in [0.15, 0.2) is 16.0 Å². The molecule has 1 N–H and O–H groups in total. The first-order valence-corrected chi connectivity index (χ1v) is 5.68. The molecule has 0 aromatic carbocycles. The Balaban J connectivity index is 2.01. The molecule has 4 nitrogen and oxygen atoms in total. The van der Waals surface area contributed by atoms with E-state index < -0.39 is 0 Å². The van der Waals surface area contributed by atoms with Gasteiger partial charge in [-0.15, -0.1) is 11.3 Å². The fourth-order valence-electron chi connectivity index (χ4n) is 1.43. The Hall–Kier alpha value is -1.36. The lowest BCUT2D eigenvalue weighted by Gasteiger charge is -1.96. The van der Waals surface area contributed by atoms with Crippen LogP contribution in [0.2, 0.25) is 0 Å². The van der Waals surface area contributed by atoms with Crippen LogP contribution in [0.3, 0.4) is 0 Å². The molecule has 1 saturated carbocycles. The van der Waals surface area contributed by atoms with Gasteiger partial charge >= 0.3 is 0 Å². The van der Waals surface area contributed by atoms with Crippen molar-refractivity contribution in [2.45, 2.75) is 25.2 Å². The molecule has 0 radical (unpaired) electrons. The normalized spacial score (nSPS) is 17.9. The predicted molar refractivity (Wildman–Crippen MR) is 55.9 cm³/mol. The fourth-order valence-corrected chi connectivity index (χ4v) is 2.14. The van der Waals surface area contributed by atoms with Crippen LogP contribution in [-0.4, -0.2) is 15.2 Å². The topological polar surface area (TPSA) is 59.2 Å². The van der Waals surface area contributed by atoms with Crippen LogP contribution in [0.1, 0.15) is 25.6 Å². The summed E-state index contributed by atoms with van der Waals surface area (Å²) in [6, 6.07) is 1.63. The van der Waals surface area contributed by atoms with E-state index in [1.807, 2.05) is 0 Å². The largest absolute Gasteiger partial charge is 0.506 e. The average Bonchev–Trinajstić information content (AvgIpc) is 2.70. The summed E-state index contributed by atoms with van der Waals surface area (Å²) in [6.45, 7) is 2.12. The molecule has 2 aromatic rings. The molecule has 0 bridgehead atoms. The van der Waals surface area contributed by atoms with Gasteiger partial charge in [-0.2, -0.15) is 4.98 Å². The van der Waals surface area contributed by atoms with E-state index in [-0.39, 0.29) is 11.2 Å². The molecule has 2 heterocycles. The Labute approximate surface area is 90.6 Å². The van der Waals surface area contributed by atoms with Crippen molar-refractivity contribution in [2.75, 3.05) is 0 Å². The molecule has 3 rings (SSSR count). The van der Waals surface area contributed by atoms with Gasteiger partial charge in [0.1, 0.15) is 10.6 Å². The minimum atomic E-state index is 0.106. The molecule has 15 heavy (non-hydrogen) atoms. The summed E-state index contributed by atoms with van der Waals surface area (Å²) in [5.74, 6) is 1.38. The first kappa shape index (κ1) is 8.91. The molecule has 78 valence electrons. The Morgan fingerprint density at radius 1 is 1.53 bits per heavy atom. The van der Waals surface area contributed by atoms with E-state index in [1.54, 1.807) is 11.4 Å². The highest BCUT2D eigenvalue weighted by molar-refractivity contribution is 7.13. The number of aromatic nitrogens is 2. The van der Waals surface area contributed by atoms with Gasteiger partial charge in [-0.3, -0.25) is 0 Å². The highest BCUT2D eigenvalue weighted by atomic mass is 32.1. The van der Waals surface area contributed by atoms with Gasteiger partial charge in [-0.25, -0.2) is 0 Å². The van der Waals surface area contributed by atoms with E-state index >= 15 is 0 Å². The van der Waals surface area contributed by atoms with Gasteiger partial charge in [-0.05, 0) is 24.3 Å². The van der Waals surface area contributed by atoms with Crippen molar-refractivity contribution in [2.24, 2.45) is 0 Å². The van der Waals surface area contributed by atoms with Crippen LogP contribution >= 0.6 is 11.3 Å². The minimum absolute atomic E-state index is 0.106. The molecule has 0 unspecified atom stereocenters. The average molecular weight is 222 g/mol. The van der Waals surface area contributed by atoms with Crippen LogP contribution in [0.25, 0.3) is 10.8 Å². The number of hydrogen-bond donors (Lipinski definition) is 1. The maximum Gasteiger partial charge on any atom is 0.271 e. The molecule has 0 atom stereocenters. The van der Waals surface area contributed by atoms with Gasteiger partial charge in [0.15, 0.2) is 5.82 Å². The summed E-state index contributed by atoms with van der Waals surface area (Å²) in [4.78, 5) is 4.97. The van der Waals surface area contributed by atoms with Crippen LogP contribution in [0.4, 0.5) is 0 Å². The van der Waals surface area contributed by atoms with Crippen LogP contribution in [0.5, 0.6) is 5.75 Å². The van der Waals surface area contributed by atoms with Crippen molar-refractivity contribution in [3.05, 3.63) is 17.3 Å². The Bertz CT molecular complexity index is 499. The third-order valence-electron chi connectivity index (χ3n) is 2.80. The molecule has 0 aliphatic heterocycles. The Morgan fingerprint density at radius 3 is 2.93 bits per heavy atom. The summed E-state index contributed by atoms with van der Waals surface area (Å²) in [5.41, 5.74) is 0.106. The van der Waals surface area contributed by atoms with E-state index in [4.69, 9.17) is 4.52 Å². The minimum Gasteiger partial charge on any atom is -0.506 e. The first-order chi connectivity index (χ1) is 7.19. The van der Waals surface area contributed by atoms with E-state index in [1.165, 1.54) is 11.3 Å². The van der Waals surface area contributed by atoms with Crippen LogP contribution < -0.4 is 0 Å². The van der Waals surface area contributed by atoms with Gasteiger partial charge in [0, 0.05) is 5.41 Å². The summed E-state index contributed by atoms with van der Waals surface area (Å²) in [7, 11) is 0. The van der Waals surface area contributed by atoms with Crippen molar-refractivity contribution in [1.82, 2.24) is 10.1 Å². The Kier molecular flexibility index (Phi) is 1.68. The lowest BCUT2D eigenvalue weighted by molar-refractivity contribution is 0.413. The first-order valence-electron chi connectivity index (χ1n) is 4.80. The van der Waals surface area contributed by atoms with Gasteiger partial charge in [-0.1, -0.05) is 12.1 Å². The van der Waals surface area contributed by atoms with Crippen molar-refractivity contribution in [3.8, 4) is 16.5 Å². The zero-order chi connectivity index (χ0) is 10.5. The van der Waals surface area contributed by atoms with E-state index in [2.05, 4.69) is 17.1 Å². The number of aromatic hydroxyl groups is 1. The molecule has 0 saturated heterocycles. The molecule has 5 heteroatoms. The Morgan fingerprint density at radius 2 is 2.33 bits per heavy atom. The smallest absolute Gasteiger partial charge is 0.271 e. The van der Waals surface area contributed by atoms with Gasteiger partial charge in [0.2, 0.25) is 0 Å². The summed E-state index contributed by atoms with van der Waals surface area (Å²) < 4.78 is 5.15. The third kappa shape index (κ3) is 1.34. The molecule has 1 fully saturated rings. The van der Waals surface area contributed by atoms with Crippen molar-refractivity contribution in [3.63, 3.8) is 0 Å². The summed E-state index contributed by atoms with van der Waals surface area (Å²) in [6.07, 6.45) is 2.23. The zero-order valence-electron chi connectivity index (χ0n) is 8.23. The summed E-state index contributed by atoms with van der Waals surface area (Å²) in [5, 5.41) is 15.3. The number of thiophene rings is 1. The molecule has 1 aliphatic carbocycles. The molecule has 0 spiro atoms. The second-order valence-electron chi connectivity index (χ2n) is 4.12. The van der Waals surface area contributed by atoms with E-state index in [0.717, 1.165) is 18.7 Å². The highest BCUT2D eigenvalue weighted by Gasteiger charge is 2.43. The van der Waals surface area contributed by atoms with Crippen molar-refractivity contribution >= 4 is 11.3 Å². The molecular formula is C10H10N2O2S. The van der Waals surface area contributed by atoms with Crippen LogP contribution in [-0.2, 0) is 5.41 Å². The van der Waals surface area contributed by atoms with Crippen molar-refractivity contribution in [1.29, 1.82) is 0 Å².